The standard InChI is InChI=1S/C11H11N3O/c1-8-13-11(15-14-8)7-4-9-2-5-10(12)6-3-9/h2-7H,12H2,1H3/b7-4+. The van der Waals surface area contributed by atoms with Gasteiger partial charge >= 0.3 is 0 Å². The fourth-order valence-corrected chi connectivity index (χ4v) is 1.16. The number of nitrogen functional groups attached to an aromatic ring is 1. The number of hydrogen-bond donors (Lipinski definition) is 1. The van der Waals surface area contributed by atoms with Gasteiger partial charge < -0.3 is 10.3 Å². The van der Waals surface area contributed by atoms with Crippen molar-refractivity contribution < 1.29 is 4.52 Å². The smallest absolute Gasteiger partial charge is 0.250 e. The SMILES string of the molecule is Cc1noc(/C=C/c2ccc(N)cc2)n1. The van der Waals surface area contributed by atoms with E-state index in [-0.39, 0.29) is 0 Å². The first-order chi connectivity index (χ1) is 7.24. The summed E-state index contributed by atoms with van der Waals surface area (Å²) in [5.41, 5.74) is 7.36. The zero-order valence-corrected chi connectivity index (χ0v) is 8.34. The van der Waals surface area contributed by atoms with Crippen molar-refractivity contribution in [3.8, 4) is 0 Å². The van der Waals surface area contributed by atoms with Crippen molar-refractivity contribution in [1.29, 1.82) is 0 Å². The third kappa shape index (κ3) is 2.43. The van der Waals surface area contributed by atoms with Crippen LogP contribution in [0.2, 0.25) is 0 Å². The molecule has 0 radical (unpaired) electrons. The Labute approximate surface area is 87.4 Å². The Bertz CT molecular complexity index is 471. The molecule has 4 heteroatoms. The quantitative estimate of drug-likeness (QED) is 0.756. The van der Waals surface area contributed by atoms with E-state index < -0.39 is 0 Å². The monoisotopic (exact) mass is 201 g/mol. The highest BCUT2D eigenvalue weighted by Crippen LogP contribution is 2.09. The molecule has 0 saturated carbocycles. The minimum atomic E-state index is 0.504. The van der Waals surface area contributed by atoms with E-state index in [1.165, 1.54) is 0 Å². The highest BCUT2D eigenvalue weighted by Gasteiger charge is 1.96. The number of aromatic nitrogens is 2. The molecule has 1 aromatic heterocycles. The lowest BCUT2D eigenvalue weighted by Gasteiger charge is -1.93. The molecule has 1 heterocycles. The molecule has 2 rings (SSSR count). The average Bonchev–Trinajstić information content (AvgIpc) is 2.64. The lowest BCUT2D eigenvalue weighted by Crippen LogP contribution is -1.82. The van der Waals surface area contributed by atoms with Gasteiger partial charge in [0, 0.05) is 11.8 Å². The van der Waals surface area contributed by atoms with E-state index in [1.807, 2.05) is 30.3 Å². The van der Waals surface area contributed by atoms with Gasteiger partial charge in [0.15, 0.2) is 5.82 Å². The molecule has 0 spiro atoms. The molecule has 0 aliphatic rings. The molecule has 0 unspecified atom stereocenters. The molecule has 0 aliphatic heterocycles. The minimum Gasteiger partial charge on any atom is -0.399 e. The van der Waals surface area contributed by atoms with Crippen molar-refractivity contribution in [3.63, 3.8) is 0 Å². The van der Waals surface area contributed by atoms with Gasteiger partial charge in [0.05, 0.1) is 0 Å². The summed E-state index contributed by atoms with van der Waals surface area (Å²) in [6.07, 6.45) is 3.66. The number of anilines is 1. The van der Waals surface area contributed by atoms with E-state index >= 15 is 0 Å². The largest absolute Gasteiger partial charge is 0.399 e. The van der Waals surface area contributed by atoms with Gasteiger partial charge in [-0.1, -0.05) is 17.3 Å². The van der Waals surface area contributed by atoms with Crippen molar-refractivity contribution in [2.45, 2.75) is 6.92 Å². The number of rotatable bonds is 2. The molecule has 0 fully saturated rings. The van der Waals surface area contributed by atoms with E-state index in [9.17, 15) is 0 Å². The van der Waals surface area contributed by atoms with Gasteiger partial charge in [-0.05, 0) is 30.7 Å². The Kier molecular flexibility index (Phi) is 2.49. The number of hydrogen-bond acceptors (Lipinski definition) is 4. The van der Waals surface area contributed by atoms with E-state index in [1.54, 1.807) is 13.0 Å². The van der Waals surface area contributed by atoms with Gasteiger partial charge in [0.2, 0.25) is 0 Å². The van der Waals surface area contributed by atoms with E-state index in [0.29, 0.717) is 11.7 Å². The summed E-state index contributed by atoms with van der Waals surface area (Å²) in [7, 11) is 0. The van der Waals surface area contributed by atoms with Crippen molar-refractivity contribution in [2.75, 3.05) is 5.73 Å². The molecule has 0 amide bonds. The van der Waals surface area contributed by atoms with Gasteiger partial charge in [-0.2, -0.15) is 4.98 Å². The summed E-state index contributed by atoms with van der Waals surface area (Å²) in [6, 6.07) is 7.54. The van der Waals surface area contributed by atoms with Gasteiger partial charge in [-0.3, -0.25) is 0 Å². The summed E-state index contributed by atoms with van der Waals surface area (Å²) in [4.78, 5) is 4.05. The molecule has 0 aliphatic carbocycles. The molecule has 0 saturated heterocycles. The Morgan fingerprint density at radius 3 is 2.53 bits per heavy atom. The van der Waals surface area contributed by atoms with Crippen LogP contribution in [-0.4, -0.2) is 10.1 Å². The molecule has 2 aromatic rings. The van der Waals surface area contributed by atoms with Gasteiger partial charge in [-0.25, -0.2) is 0 Å². The van der Waals surface area contributed by atoms with Crippen LogP contribution in [0.4, 0.5) is 5.69 Å². The zero-order valence-electron chi connectivity index (χ0n) is 8.34. The Morgan fingerprint density at radius 1 is 1.20 bits per heavy atom. The molecular formula is C11H11N3O. The topological polar surface area (TPSA) is 64.9 Å². The number of nitrogens with zero attached hydrogens (tertiary/aromatic N) is 2. The van der Waals surface area contributed by atoms with Crippen LogP contribution in [0.5, 0.6) is 0 Å². The maximum Gasteiger partial charge on any atom is 0.250 e. The zero-order chi connectivity index (χ0) is 10.7. The van der Waals surface area contributed by atoms with Crippen molar-refractivity contribution in [3.05, 3.63) is 41.5 Å². The van der Waals surface area contributed by atoms with Crippen LogP contribution in [0.25, 0.3) is 12.2 Å². The Morgan fingerprint density at radius 2 is 1.93 bits per heavy atom. The first-order valence-corrected chi connectivity index (χ1v) is 4.58. The Hall–Kier alpha value is -2.10. The molecule has 0 bridgehead atoms. The van der Waals surface area contributed by atoms with E-state index in [0.717, 1.165) is 11.3 Å². The number of nitrogens with two attached hydrogens (primary N) is 1. The highest BCUT2D eigenvalue weighted by atomic mass is 16.5. The van der Waals surface area contributed by atoms with Crippen molar-refractivity contribution >= 4 is 17.8 Å². The van der Waals surface area contributed by atoms with Crippen LogP contribution in [-0.2, 0) is 0 Å². The summed E-state index contributed by atoms with van der Waals surface area (Å²) >= 11 is 0. The van der Waals surface area contributed by atoms with Gasteiger partial charge in [-0.15, -0.1) is 0 Å². The molecule has 0 atom stereocenters. The maximum atomic E-state index is 5.57. The second kappa shape index (κ2) is 3.96. The van der Waals surface area contributed by atoms with E-state index in [4.69, 9.17) is 10.3 Å². The Balaban J connectivity index is 2.14. The molecular weight excluding hydrogens is 190 g/mol. The fraction of sp³-hybridized carbons (Fsp3) is 0.0909. The predicted octanol–water partition coefficient (Wildman–Crippen LogP) is 2.13. The van der Waals surface area contributed by atoms with E-state index in [2.05, 4.69) is 10.1 Å². The van der Waals surface area contributed by atoms with Crippen LogP contribution < -0.4 is 5.73 Å². The molecule has 76 valence electrons. The predicted molar refractivity (Wildman–Crippen MR) is 58.8 cm³/mol. The van der Waals surface area contributed by atoms with Crippen LogP contribution in [0.1, 0.15) is 17.3 Å². The number of aryl methyl sites for hydroxylation is 1. The second-order valence-electron chi connectivity index (χ2n) is 3.18. The first kappa shape index (κ1) is 9.45. The summed E-state index contributed by atoms with van der Waals surface area (Å²) in [6.45, 7) is 1.78. The molecule has 2 N–H and O–H groups in total. The average molecular weight is 201 g/mol. The third-order valence-electron chi connectivity index (χ3n) is 1.90. The van der Waals surface area contributed by atoms with Crippen LogP contribution >= 0.6 is 0 Å². The summed E-state index contributed by atoms with van der Waals surface area (Å²) in [5.74, 6) is 1.14. The van der Waals surface area contributed by atoms with Crippen LogP contribution in [0, 0.1) is 6.92 Å². The number of benzene rings is 1. The van der Waals surface area contributed by atoms with Crippen molar-refractivity contribution in [1.82, 2.24) is 10.1 Å². The fourth-order valence-electron chi connectivity index (χ4n) is 1.16. The minimum absolute atomic E-state index is 0.504. The maximum absolute atomic E-state index is 5.57. The van der Waals surface area contributed by atoms with Gasteiger partial charge in [0.1, 0.15) is 0 Å². The molecule has 15 heavy (non-hydrogen) atoms. The van der Waals surface area contributed by atoms with Crippen LogP contribution in [0.15, 0.2) is 28.8 Å². The summed E-state index contributed by atoms with van der Waals surface area (Å²) in [5, 5.41) is 3.69. The second-order valence-corrected chi connectivity index (χ2v) is 3.18. The first-order valence-electron chi connectivity index (χ1n) is 4.58. The highest BCUT2D eigenvalue weighted by molar-refractivity contribution is 5.66. The lowest BCUT2D eigenvalue weighted by molar-refractivity contribution is 0.405. The third-order valence-corrected chi connectivity index (χ3v) is 1.90. The van der Waals surface area contributed by atoms with Crippen LogP contribution in [0.3, 0.4) is 0 Å². The van der Waals surface area contributed by atoms with Gasteiger partial charge in [0.25, 0.3) is 5.89 Å². The lowest BCUT2D eigenvalue weighted by atomic mass is 10.2. The molecule has 1 aromatic carbocycles. The van der Waals surface area contributed by atoms with Crippen molar-refractivity contribution in [2.24, 2.45) is 0 Å². The summed E-state index contributed by atoms with van der Waals surface area (Å²) < 4.78 is 4.94. The molecule has 4 nitrogen and oxygen atoms in total. The normalized spacial score (nSPS) is 11.0.